The van der Waals surface area contributed by atoms with Crippen LogP contribution >= 0.6 is 12.0 Å². The highest BCUT2D eigenvalue weighted by Crippen LogP contribution is 2.29. The zero-order chi connectivity index (χ0) is 40.9. The van der Waals surface area contributed by atoms with Crippen LogP contribution in [0, 0.1) is 5.92 Å². The second-order valence-electron chi connectivity index (χ2n) is 14.1. The number of nitrogens with one attached hydrogen (secondary N) is 3. The van der Waals surface area contributed by atoms with Gasteiger partial charge in [-0.25, -0.2) is 4.79 Å². The van der Waals surface area contributed by atoms with E-state index in [1.54, 1.807) is 32.0 Å². The van der Waals surface area contributed by atoms with E-state index in [-0.39, 0.29) is 57.7 Å². The number of amides is 6. The van der Waals surface area contributed by atoms with Crippen LogP contribution in [0.3, 0.4) is 0 Å². The van der Waals surface area contributed by atoms with Gasteiger partial charge in [0, 0.05) is 30.7 Å². The van der Waals surface area contributed by atoms with Crippen LogP contribution in [-0.2, 0) is 65.6 Å². The Balaban J connectivity index is 1.34. The van der Waals surface area contributed by atoms with Gasteiger partial charge in [0.25, 0.3) is 6.47 Å². The van der Waals surface area contributed by atoms with Crippen LogP contribution in [0.2, 0.25) is 0 Å². The first-order chi connectivity index (χ1) is 26.7. The SMILES string of the molecule is CC(C)C(NC(=O)CN1C(=O)C(N2C(=O)CCC2=O)CC1COCCSO)C(=O)NCC(=O)Nc1ccc(COC=O)c(CCC2CC(O)C[C@@H](C(=O)O)O2)c1. The van der Waals surface area contributed by atoms with Gasteiger partial charge in [-0.15, -0.1) is 0 Å². The quantitative estimate of drug-likeness (QED) is 0.0407. The van der Waals surface area contributed by atoms with Crippen LogP contribution in [-0.4, -0.2) is 141 Å². The molecule has 6 atom stereocenters. The lowest BCUT2D eigenvalue weighted by Gasteiger charge is -2.31. The number of aliphatic hydroxyl groups is 1. The predicted octanol–water partition coefficient (Wildman–Crippen LogP) is -0.178. The molecule has 3 aliphatic heterocycles. The average Bonchev–Trinajstić information content (AvgIpc) is 3.64. The number of nitrogens with zero attached hydrogens (tertiary/aromatic N) is 2. The van der Waals surface area contributed by atoms with Gasteiger partial charge in [-0.05, 0) is 66.9 Å². The lowest BCUT2D eigenvalue weighted by atomic mass is 9.94. The summed E-state index contributed by atoms with van der Waals surface area (Å²) >= 11 is 0.578. The molecule has 0 spiro atoms. The van der Waals surface area contributed by atoms with Crippen molar-refractivity contribution in [2.75, 3.05) is 37.4 Å². The van der Waals surface area contributed by atoms with Gasteiger partial charge in [0.1, 0.15) is 18.7 Å². The number of aliphatic carboxylic acids is 1. The van der Waals surface area contributed by atoms with Crippen molar-refractivity contribution >= 4 is 65.6 Å². The normalized spacial score (nSPS) is 22.9. The van der Waals surface area contributed by atoms with Crippen molar-refractivity contribution in [3.63, 3.8) is 0 Å². The summed E-state index contributed by atoms with van der Waals surface area (Å²) in [6.07, 6.45) is -1.55. The second kappa shape index (κ2) is 21.1. The van der Waals surface area contributed by atoms with E-state index in [1.165, 1.54) is 4.90 Å². The van der Waals surface area contributed by atoms with E-state index < -0.39 is 96.9 Å². The molecule has 6 amide bonds. The number of aryl methyl sites for hydroxylation is 1. The number of benzene rings is 1. The first kappa shape index (κ1) is 44.1. The number of carboxylic acid groups (broad SMARTS) is 1. The van der Waals surface area contributed by atoms with Crippen molar-refractivity contribution < 1.29 is 67.3 Å². The van der Waals surface area contributed by atoms with Crippen molar-refractivity contribution in [3.8, 4) is 0 Å². The topological polar surface area (TPSA) is 268 Å². The summed E-state index contributed by atoms with van der Waals surface area (Å²) in [5.74, 6) is -4.84. The number of ether oxygens (including phenoxy) is 3. The number of hydrogen-bond acceptors (Lipinski definition) is 14. The first-order valence-corrected chi connectivity index (χ1v) is 19.3. The number of anilines is 1. The lowest BCUT2D eigenvalue weighted by Crippen LogP contribution is -2.54. The second-order valence-corrected chi connectivity index (χ2v) is 14.8. The number of aliphatic hydroxyl groups excluding tert-OH is 1. The van der Waals surface area contributed by atoms with Crippen molar-refractivity contribution in [3.05, 3.63) is 29.3 Å². The van der Waals surface area contributed by atoms with Crippen molar-refractivity contribution in [1.82, 2.24) is 20.4 Å². The average molecular weight is 808 g/mol. The number of rotatable bonds is 21. The van der Waals surface area contributed by atoms with E-state index in [4.69, 9.17) is 18.8 Å². The van der Waals surface area contributed by atoms with Crippen LogP contribution in [0.1, 0.15) is 63.5 Å². The summed E-state index contributed by atoms with van der Waals surface area (Å²) < 4.78 is 25.1. The highest BCUT2D eigenvalue weighted by atomic mass is 32.2. The van der Waals surface area contributed by atoms with Gasteiger partial charge in [0.05, 0.1) is 44.6 Å². The van der Waals surface area contributed by atoms with Gasteiger partial charge in [-0.2, -0.15) is 0 Å². The molecule has 3 heterocycles. The maximum absolute atomic E-state index is 13.5. The van der Waals surface area contributed by atoms with Gasteiger partial charge in [0.15, 0.2) is 6.10 Å². The van der Waals surface area contributed by atoms with Gasteiger partial charge >= 0.3 is 5.97 Å². The van der Waals surface area contributed by atoms with E-state index in [2.05, 4.69) is 16.0 Å². The van der Waals surface area contributed by atoms with E-state index in [1.807, 2.05) is 0 Å². The van der Waals surface area contributed by atoms with Gasteiger partial charge in [-0.3, -0.25) is 38.5 Å². The maximum atomic E-state index is 13.5. The molecule has 1 aromatic carbocycles. The Kier molecular flexibility index (Phi) is 16.6. The molecule has 3 saturated heterocycles. The molecule has 6 N–H and O–H groups in total. The molecule has 3 aliphatic rings. The van der Waals surface area contributed by atoms with Crippen LogP contribution in [0.15, 0.2) is 18.2 Å². The van der Waals surface area contributed by atoms with Gasteiger partial charge in [-0.1, -0.05) is 19.9 Å². The smallest absolute Gasteiger partial charge is 0.332 e. The van der Waals surface area contributed by atoms with Crippen molar-refractivity contribution in [1.29, 1.82) is 0 Å². The summed E-state index contributed by atoms with van der Waals surface area (Å²) in [6, 6.07) is 2.02. The van der Waals surface area contributed by atoms with Gasteiger partial charge in [0.2, 0.25) is 35.4 Å². The Morgan fingerprint density at radius 1 is 1.05 bits per heavy atom. The largest absolute Gasteiger partial charge is 0.479 e. The molecular weight excluding hydrogens is 758 g/mol. The number of carbonyl (C=O) groups is 8. The Bertz CT molecular complexity index is 1610. The molecule has 1 aromatic rings. The Morgan fingerprint density at radius 2 is 1.79 bits per heavy atom. The van der Waals surface area contributed by atoms with Crippen molar-refractivity contribution in [2.24, 2.45) is 5.92 Å². The lowest BCUT2D eigenvalue weighted by molar-refractivity contribution is -0.166. The standard InChI is InChI=1S/C36H49N5O14S/c1-20(2)33(39-30(45)16-40-24(18-53-9-10-56-52)12-27(35(40)49)41-31(46)7-8-32(41)47)34(48)37-15-29(44)38-23-5-3-22(17-54-19-42)21(11-23)4-6-26-13-25(43)14-28(55-26)36(50)51/h3,5,11,19-20,24-28,33,43,52H,4,6-10,12-18H2,1-2H3,(H,37,48)(H,38,44)(H,39,45)(H,50,51)/t24?,25?,26?,27?,28-,33?/m0/s1. The van der Waals surface area contributed by atoms with E-state index >= 15 is 0 Å². The fraction of sp³-hybridized carbons (Fsp3) is 0.611. The highest BCUT2D eigenvalue weighted by molar-refractivity contribution is 7.93. The molecule has 308 valence electrons. The van der Waals surface area contributed by atoms with Crippen LogP contribution in [0.5, 0.6) is 0 Å². The summed E-state index contributed by atoms with van der Waals surface area (Å²) in [5.41, 5.74) is 1.66. The molecule has 0 saturated carbocycles. The van der Waals surface area contributed by atoms with Crippen LogP contribution < -0.4 is 16.0 Å². The molecule has 4 rings (SSSR count). The predicted molar refractivity (Wildman–Crippen MR) is 196 cm³/mol. The minimum atomic E-state index is -1.17. The van der Waals surface area contributed by atoms with Crippen LogP contribution in [0.25, 0.3) is 0 Å². The molecule has 0 radical (unpaired) electrons. The first-order valence-electron chi connectivity index (χ1n) is 18.3. The van der Waals surface area contributed by atoms with Crippen molar-refractivity contribution in [2.45, 2.75) is 102 Å². The Hall–Kier alpha value is -4.63. The molecule has 56 heavy (non-hydrogen) atoms. The number of likely N-dealkylation sites (tertiary alicyclic amines) is 2. The number of imide groups is 1. The van der Waals surface area contributed by atoms with E-state index in [9.17, 15) is 48.6 Å². The number of carboxylic acids is 1. The number of hydrogen-bond donors (Lipinski definition) is 6. The highest BCUT2D eigenvalue weighted by Gasteiger charge is 2.48. The summed E-state index contributed by atoms with van der Waals surface area (Å²) in [5, 5.41) is 27.3. The maximum Gasteiger partial charge on any atom is 0.332 e. The molecular formula is C36H49N5O14S. The minimum absolute atomic E-state index is 0.00697. The molecule has 0 aromatic heterocycles. The molecule has 0 bridgehead atoms. The molecule has 5 unspecified atom stereocenters. The summed E-state index contributed by atoms with van der Waals surface area (Å²) in [7, 11) is 0. The van der Waals surface area contributed by atoms with Gasteiger partial charge < -0.3 is 49.8 Å². The van der Waals surface area contributed by atoms with Crippen LogP contribution in [0.4, 0.5) is 5.69 Å². The van der Waals surface area contributed by atoms with E-state index in [0.717, 1.165) is 4.90 Å². The molecule has 20 heteroatoms. The molecule has 0 aliphatic carbocycles. The summed E-state index contributed by atoms with van der Waals surface area (Å²) in [6.45, 7) is 2.78. The minimum Gasteiger partial charge on any atom is -0.479 e. The number of carbonyl (C=O) groups excluding carboxylic acids is 7. The zero-order valence-electron chi connectivity index (χ0n) is 31.2. The molecule has 3 fully saturated rings. The third kappa shape index (κ3) is 12.2. The third-order valence-electron chi connectivity index (χ3n) is 9.72. The fourth-order valence-corrected chi connectivity index (χ4v) is 7.13. The zero-order valence-corrected chi connectivity index (χ0v) is 32.0. The van der Waals surface area contributed by atoms with E-state index in [0.29, 0.717) is 48.2 Å². The molecule has 19 nitrogen and oxygen atoms in total. The monoisotopic (exact) mass is 807 g/mol. The third-order valence-corrected chi connectivity index (χ3v) is 10.1. The summed E-state index contributed by atoms with van der Waals surface area (Å²) in [4.78, 5) is 102. The Labute approximate surface area is 327 Å². The fourth-order valence-electron chi connectivity index (χ4n) is 6.94. The Morgan fingerprint density at radius 3 is 2.45 bits per heavy atom.